The number of hydrogen-bond donors (Lipinski definition) is 1. The van der Waals surface area contributed by atoms with Gasteiger partial charge in [0.15, 0.2) is 0 Å². The summed E-state index contributed by atoms with van der Waals surface area (Å²) in [5.74, 6) is -0.888. The van der Waals surface area contributed by atoms with Crippen molar-refractivity contribution < 1.29 is 23.9 Å². The SMILES string of the molecule is CC(C)(C)OC(=O)N1CCCC2[C@H]1[C@@H](C(=O)Nc1cccc3ccccc13)CN2C(=O)OCc1ccccc1. The number of nitrogens with one attached hydrogen (secondary N) is 1. The van der Waals surface area contributed by atoms with Gasteiger partial charge in [0.1, 0.15) is 12.2 Å². The first-order valence-electron chi connectivity index (χ1n) is 13.5. The smallest absolute Gasteiger partial charge is 0.410 e. The standard InChI is InChI=1S/C31H35N3O5/c1-31(2,3)39-30(37)33-18-10-17-26-27(33)24(19-34(26)29(36)38-20-21-11-5-4-6-12-21)28(35)32-25-16-9-14-22-13-7-8-15-23(22)25/h4-9,11-16,24,26-27H,10,17-20H2,1-3H3,(H,32,35)/t24-,26?,27+/m0/s1. The highest BCUT2D eigenvalue weighted by molar-refractivity contribution is 6.03. The Morgan fingerprint density at radius 1 is 0.897 bits per heavy atom. The molecule has 3 aromatic carbocycles. The highest BCUT2D eigenvalue weighted by atomic mass is 16.6. The number of likely N-dealkylation sites (tertiary alicyclic amines) is 2. The zero-order chi connectivity index (χ0) is 27.6. The molecule has 2 aliphatic rings. The van der Waals surface area contributed by atoms with E-state index in [0.29, 0.717) is 25.1 Å². The molecule has 2 heterocycles. The summed E-state index contributed by atoms with van der Waals surface area (Å²) in [6, 6.07) is 22.2. The van der Waals surface area contributed by atoms with Crippen LogP contribution in [-0.2, 0) is 20.9 Å². The molecular formula is C31H35N3O5. The average Bonchev–Trinajstić information content (AvgIpc) is 3.32. The van der Waals surface area contributed by atoms with E-state index in [-0.39, 0.29) is 25.1 Å². The minimum atomic E-state index is -0.683. The summed E-state index contributed by atoms with van der Waals surface area (Å²) < 4.78 is 11.4. The Balaban J connectivity index is 1.41. The van der Waals surface area contributed by atoms with Crippen molar-refractivity contribution in [1.82, 2.24) is 9.80 Å². The average molecular weight is 530 g/mol. The van der Waals surface area contributed by atoms with Gasteiger partial charge in [0.25, 0.3) is 0 Å². The number of nitrogens with zero attached hydrogens (tertiary/aromatic N) is 2. The maximum absolute atomic E-state index is 13.8. The van der Waals surface area contributed by atoms with Crippen molar-refractivity contribution in [3.05, 3.63) is 78.4 Å². The summed E-state index contributed by atoms with van der Waals surface area (Å²) in [6.45, 7) is 6.20. The van der Waals surface area contributed by atoms with E-state index in [9.17, 15) is 14.4 Å². The number of anilines is 1. The monoisotopic (exact) mass is 529 g/mol. The van der Waals surface area contributed by atoms with E-state index in [1.165, 1.54) is 0 Å². The number of amides is 3. The summed E-state index contributed by atoms with van der Waals surface area (Å²) in [7, 11) is 0. The van der Waals surface area contributed by atoms with Crippen LogP contribution in [0.3, 0.4) is 0 Å². The lowest BCUT2D eigenvalue weighted by Crippen LogP contribution is -2.56. The molecule has 0 aliphatic carbocycles. The summed E-state index contributed by atoms with van der Waals surface area (Å²) in [5.41, 5.74) is 0.891. The van der Waals surface area contributed by atoms with E-state index >= 15 is 0 Å². The Morgan fingerprint density at radius 3 is 2.38 bits per heavy atom. The van der Waals surface area contributed by atoms with Gasteiger partial charge in [-0.2, -0.15) is 0 Å². The van der Waals surface area contributed by atoms with Gasteiger partial charge in [0.2, 0.25) is 5.91 Å². The second-order valence-corrected chi connectivity index (χ2v) is 11.2. The molecule has 8 heteroatoms. The largest absolute Gasteiger partial charge is 0.445 e. The minimum Gasteiger partial charge on any atom is -0.445 e. The molecular weight excluding hydrogens is 494 g/mol. The number of ether oxygens (including phenoxy) is 2. The zero-order valence-corrected chi connectivity index (χ0v) is 22.6. The van der Waals surface area contributed by atoms with Gasteiger partial charge in [0, 0.05) is 24.2 Å². The maximum Gasteiger partial charge on any atom is 0.410 e. The molecule has 204 valence electrons. The first kappa shape index (κ1) is 26.5. The van der Waals surface area contributed by atoms with Crippen LogP contribution in [0, 0.1) is 5.92 Å². The van der Waals surface area contributed by atoms with Crippen LogP contribution in [0.4, 0.5) is 15.3 Å². The molecule has 5 rings (SSSR count). The van der Waals surface area contributed by atoms with Crippen molar-refractivity contribution in [2.45, 2.75) is 57.9 Å². The van der Waals surface area contributed by atoms with Crippen LogP contribution in [0.2, 0.25) is 0 Å². The molecule has 39 heavy (non-hydrogen) atoms. The van der Waals surface area contributed by atoms with Crippen LogP contribution in [0.15, 0.2) is 72.8 Å². The molecule has 2 saturated heterocycles. The molecule has 0 saturated carbocycles. The Morgan fingerprint density at radius 2 is 1.62 bits per heavy atom. The Kier molecular flexibility index (Phi) is 7.46. The van der Waals surface area contributed by atoms with Gasteiger partial charge in [-0.3, -0.25) is 4.79 Å². The molecule has 0 radical (unpaired) electrons. The normalized spacial score (nSPS) is 20.8. The van der Waals surface area contributed by atoms with Crippen molar-refractivity contribution >= 4 is 34.6 Å². The highest BCUT2D eigenvalue weighted by Gasteiger charge is 2.53. The topological polar surface area (TPSA) is 88.2 Å². The quantitative estimate of drug-likeness (QED) is 0.461. The van der Waals surface area contributed by atoms with E-state index in [4.69, 9.17) is 9.47 Å². The fourth-order valence-electron chi connectivity index (χ4n) is 5.62. The van der Waals surface area contributed by atoms with Crippen LogP contribution in [0.5, 0.6) is 0 Å². The van der Waals surface area contributed by atoms with Gasteiger partial charge in [-0.1, -0.05) is 66.7 Å². The lowest BCUT2D eigenvalue weighted by Gasteiger charge is -2.41. The van der Waals surface area contributed by atoms with Gasteiger partial charge in [-0.25, -0.2) is 9.59 Å². The third kappa shape index (κ3) is 5.85. The molecule has 0 spiro atoms. The van der Waals surface area contributed by atoms with Crippen molar-refractivity contribution in [2.75, 3.05) is 18.4 Å². The number of fused-ring (bicyclic) bond motifs is 2. The molecule has 1 N–H and O–H groups in total. The summed E-state index contributed by atoms with van der Waals surface area (Å²) in [6.07, 6.45) is 0.406. The second kappa shape index (κ2) is 11.0. The summed E-state index contributed by atoms with van der Waals surface area (Å²) in [4.78, 5) is 43.7. The van der Waals surface area contributed by atoms with Crippen molar-refractivity contribution in [3.8, 4) is 0 Å². The van der Waals surface area contributed by atoms with E-state index in [1.807, 2.05) is 93.6 Å². The van der Waals surface area contributed by atoms with Crippen molar-refractivity contribution in [2.24, 2.45) is 5.92 Å². The van der Waals surface area contributed by atoms with Gasteiger partial charge >= 0.3 is 12.2 Å². The fraction of sp³-hybridized carbons (Fsp3) is 0.387. The number of carbonyl (C=O) groups is 3. The van der Waals surface area contributed by atoms with Gasteiger partial charge in [-0.15, -0.1) is 0 Å². The Labute approximate surface area is 228 Å². The third-order valence-electron chi connectivity index (χ3n) is 7.31. The molecule has 0 aromatic heterocycles. The fourth-order valence-corrected chi connectivity index (χ4v) is 5.62. The summed E-state index contributed by atoms with van der Waals surface area (Å²) >= 11 is 0. The molecule has 3 aromatic rings. The van der Waals surface area contributed by atoms with Crippen LogP contribution >= 0.6 is 0 Å². The van der Waals surface area contributed by atoms with Gasteiger partial charge in [-0.05, 0) is 50.6 Å². The molecule has 1 unspecified atom stereocenters. The molecule has 2 aliphatic heterocycles. The lowest BCUT2D eigenvalue weighted by molar-refractivity contribution is -0.121. The number of carbonyl (C=O) groups excluding carboxylic acids is 3. The predicted octanol–water partition coefficient (Wildman–Crippen LogP) is 5.82. The van der Waals surface area contributed by atoms with Crippen LogP contribution in [-0.4, -0.2) is 58.7 Å². The van der Waals surface area contributed by atoms with Crippen molar-refractivity contribution in [3.63, 3.8) is 0 Å². The van der Waals surface area contributed by atoms with E-state index in [0.717, 1.165) is 16.3 Å². The summed E-state index contributed by atoms with van der Waals surface area (Å²) in [5, 5.41) is 5.03. The predicted molar refractivity (Wildman–Crippen MR) is 149 cm³/mol. The van der Waals surface area contributed by atoms with Gasteiger partial charge < -0.3 is 24.6 Å². The number of benzene rings is 3. The van der Waals surface area contributed by atoms with E-state index in [1.54, 1.807) is 9.80 Å². The first-order chi connectivity index (χ1) is 18.7. The first-order valence-corrected chi connectivity index (χ1v) is 13.5. The second-order valence-electron chi connectivity index (χ2n) is 11.2. The lowest BCUT2D eigenvalue weighted by atomic mass is 9.90. The van der Waals surface area contributed by atoms with Crippen molar-refractivity contribution in [1.29, 1.82) is 0 Å². The van der Waals surface area contributed by atoms with E-state index in [2.05, 4.69) is 5.32 Å². The molecule has 3 atom stereocenters. The van der Waals surface area contributed by atoms with Gasteiger partial charge in [0.05, 0.1) is 18.0 Å². The highest BCUT2D eigenvalue weighted by Crippen LogP contribution is 2.37. The Bertz CT molecular complexity index is 1350. The minimum absolute atomic E-state index is 0.135. The maximum atomic E-state index is 13.8. The molecule has 0 bridgehead atoms. The zero-order valence-electron chi connectivity index (χ0n) is 22.6. The number of hydrogen-bond acceptors (Lipinski definition) is 5. The van der Waals surface area contributed by atoms with E-state index < -0.39 is 29.7 Å². The molecule has 3 amide bonds. The molecule has 8 nitrogen and oxygen atoms in total. The third-order valence-corrected chi connectivity index (χ3v) is 7.31. The Hall–Kier alpha value is -4.07. The van der Waals surface area contributed by atoms with Crippen LogP contribution in [0.25, 0.3) is 10.8 Å². The molecule has 2 fully saturated rings. The number of piperidine rings is 1. The number of rotatable bonds is 4. The van der Waals surface area contributed by atoms with Crippen LogP contribution in [0.1, 0.15) is 39.2 Å². The van der Waals surface area contributed by atoms with Crippen LogP contribution < -0.4 is 5.32 Å².